The van der Waals surface area contributed by atoms with Gasteiger partial charge in [-0.15, -0.1) is 0 Å². The van der Waals surface area contributed by atoms with Crippen molar-refractivity contribution >= 4 is 101 Å². The molecule has 0 aromatic heterocycles. The average Bonchev–Trinajstić information content (AvgIpc) is 3.66. The molecule has 2 aliphatic rings. The van der Waals surface area contributed by atoms with Crippen LogP contribution in [0.3, 0.4) is 0 Å². The molecule has 7 N–H and O–H groups in total. The number of carbonyl (C=O) groups is 6. The molecule has 2 amide bonds. The Morgan fingerprint density at radius 3 is 1.44 bits per heavy atom. The van der Waals surface area contributed by atoms with Crippen LogP contribution >= 0.6 is 66.7 Å². The molecule has 0 aromatic rings. The molecule has 12 nitrogen and oxygen atoms in total. The number of nitrogens with two attached hydrogens (primary N) is 2. The van der Waals surface area contributed by atoms with Crippen molar-refractivity contribution in [2.75, 3.05) is 47.6 Å². The van der Waals surface area contributed by atoms with E-state index in [-0.39, 0.29) is 83.4 Å². The number of amides is 2. The Balaban J connectivity index is 0.000000506. The van der Waals surface area contributed by atoms with E-state index in [4.69, 9.17) is 21.3 Å². The Hall–Kier alpha value is -0.760. The topological polar surface area (TPSA) is 208 Å². The zero-order chi connectivity index (χ0) is 37.5. The van der Waals surface area contributed by atoms with E-state index in [1.807, 2.05) is 63.9 Å². The number of nitrogens with one attached hydrogen (secondary N) is 2. The highest BCUT2D eigenvalue weighted by molar-refractivity contribution is 8.77. The Morgan fingerprint density at radius 1 is 0.660 bits per heavy atom. The molecule has 0 saturated carbocycles. The van der Waals surface area contributed by atoms with Gasteiger partial charge < -0.3 is 31.9 Å². The molecular weight excluding hydrogens is 761 g/mol. The van der Waals surface area contributed by atoms with Crippen molar-refractivity contribution in [2.24, 2.45) is 11.5 Å². The summed E-state index contributed by atoms with van der Waals surface area (Å²) in [4.78, 5) is 68.5. The molecule has 288 valence electrons. The number of thioether (sulfide) groups is 2. The van der Waals surface area contributed by atoms with Crippen molar-refractivity contribution in [3.05, 3.63) is 0 Å². The summed E-state index contributed by atoms with van der Waals surface area (Å²) >= 11 is 2.06. The maximum atomic E-state index is 11.8. The summed E-state index contributed by atoms with van der Waals surface area (Å²) in [7, 11) is 7.30. The zero-order valence-corrected chi connectivity index (χ0v) is 34.5. The van der Waals surface area contributed by atoms with Gasteiger partial charge in [0.05, 0.1) is 12.8 Å². The number of hydrogen-bond donors (Lipinski definition) is 5. The first-order valence-electron chi connectivity index (χ1n) is 16.9. The Kier molecular flexibility index (Phi) is 24.7. The number of rotatable bonds is 22. The second kappa shape index (κ2) is 26.1. The van der Waals surface area contributed by atoms with Gasteiger partial charge in [0.2, 0.25) is 11.8 Å². The van der Waals surface area contributed by atoms with Gasteiger partial charge in [0.25, 0.3) is 0 Å². The fourth-order valence-corrected chi connectivity index (χ4v) is 12.1. The van der Waals surface area contributed by atoms with E-state index in [2.05, 4.69) is 10.6 Å². The quantitative estimate of drug-likeness (QED) is 0.0552. The van der Waals surface area contributed by atoms with E-state index in [0.717, 1.165) is 85.1 Å². The predicted octanol–water partition coefficient (Wildman–Crippen LogP) is 5.02. The summed E-state index contributed by atoms with van der Waals surface area (Å²) in [5.41, 5.74) is 11.9. The molecule has 0 bridgehead atoms. The molecule has 0 spiro atoms. The van der Waals surface area contributed by atoms with Crippen LogP contribution in [0.15, 0.2) is 0 Å². The van der Waals surface area contributed by atoms with Gasteiger partial charge in [-0.3, -0.25) is 28.8 Å². The molecule has 2 aliphatic heterocycles. The minimum atomic E-state index is -0.919. The number of hydrogen-bond acceptors (Lipinski definition) is 15. The van der Waals surface area contributed by atoms with Gasteiger partial charge in [-0.25, -0.2) is 0 Å². The van der Waals surface area contributed by atoms with Crippen LogP contribution in [0.25, 0.3) is 0 Å². The first kappa shape index (κ1) is 47.3. The van der Waals surface area contributed by atoms with E-state index >= 15 is 0 Å². The van der Waals surface area contributed by atoms with Gasteiger partial charge in [-0.2, -0.15) is 0 Å². The minimum Gasteiger partial charge on any atom is -0.481 e. The van der Waals surface area contributed by atoms with Crippen molar-refractivity contribution in [1.82, 2.24) is 10.6 Å². The molecule has 0 atom stereocenters. The second-order valence-electron chi connectivity index (χ2n) is 13.3. The summed E-state index contributed by atoms with van der Waals surface area (Å²) in [6.45, 7) is 6.65. The molecule has 0 aromatic carbocycles. The van der Waals surface area contributed by atoms with E-state index < -0.39 is 11.6 Å². The van der Waals surface area contributed by atoms with Gasteiger partial charge in [0, 0.05) is 84.4 Å². The standard InChI is InChI=1S/C18H32N2O4S3.C14H24N2O4S3/c1-17(2,3)24-15(22)8-11-25-16(23)7-6-14(21)20-10-5-4-9-18(19)12-26-27-13-18;15-14(9-22-23-10-14)6-1-2-7-16-11(17)3-4-13(20)21-8-5-12(18)19/h4-13,19H2,1-3H3,(H,20,21);1-10,15H2,(H,16,17)(H,18,19). The number of carboxylic acids is 1. The summed E-state index contributed by atoms with van der Waals surface area (Å²) in [6, 6.07) is 0. The second-order valence-corrected chi connectivity index (χ2v) is 20.5. The van der Waals surface area contributed by atoms with Gasteiger partial charge in [0.15, 0.2) is 10.2 Å². The van der Waals surface area contributed by atoms with Crippen LogP contribution < -0.4 is 22.1 Å². The smallest absolute Gasteiger partial charge is 0.307 e. The lowest BCUT2D eigenvalue weighted by molar-refractivity contribution is -0.154. The Bertz CT molecular complexity index is 1080. The molecule has 50 heavy (non-hydrogen) atoms. The van der Waals surface area contributed by atoms with E-state index in [9.17, 15) is 28.8 Å². The summed E-state index contributed by atoms with van der Waals surface area (Å²) < 4.78 is 5.18. The molecule has 18 heteroatoms. The van der Waals surface area contributed by atoms with Crippen LogP contribution in [-0.4, -0.2) is 103 Å². The third-order valence-electron chi connectivity index (χ3n) is 7.08. The first-order valence-corrected chi connectivity index (χ1v) is 23.8. The van der Waals surface area contributed by atoms with Crippen LogP contribution in [0.4, 0.5) is 0 Å². The van der Waals surface area contributed by atoms with Crippen LogP contribution in [0.2, 0.25) is 0 Å². The van der Waals surface area contributed by atoms with E-state index in [1.54, 1.807) is 0 Å². The predicted molar refractivity (Wildman–Crippen MR) is 214 cm³/mol. The Morgan fingerprint density at radius 2 is 1.06 bits per heavy atom. The van der Waals surface area contributed by atoms with E-state index in [1.165, 1.54) is 0 Å². The maximum absolute atomic E-state index is 11.8. The number of unbranched alkanes of at least 4 members (excludes halogenated alkanes) is 2. The minimum absolute atomic E-state index is 0.0394. The molecule has 2 fully saturated rings. The monoisotopic (exact) mass is 816 g/mol. The lowest BCUT2D eigenvalue weighted by Crippen LogP contribution is -2.42. The molecular formula is C32H56N4O8S6. The van der Waals surface area contributed by atoms with Crippen LogP contribution in [0, 0.1) is 0 Å². The molecule has 2 saturated heterocycles. The molecule has 0 aliphatic carbocycles. The Labute approximate surface area is 321 Å². The number of esters is 1. The average molecular weight is 817 g/mol. The van der Waals surface area contributed by atoms with Crippen molar-refractivity contribution in [3.8, 4) is 0 Å². The largest absolute Gasteiger partial charge is 0.481 e. The fourth-order valence-electron chi connectivity index (χ4n) is 4.31. The van der Waals surface area contributed by atoms with Crippen molar-refractivity contribution < 1.29 is 38.6 Å². The third kappa shape index (κ3) is 26.1. The highest BCUT2D eigenvalue weighted by atomic mass is 33.1. The third-order valence-corrected chi connectivity index (χ3v) is 14.5. The van der Waals surface area contributed by atoms with Gasteiger partial charge in [0.1, 0.15) is 5.60 Å². The number of carboxylic acid groups (broad SMARTS) is 1. The lowest BCUT2D eigenvalue weighted by atomic mass is 9.98. The molecule has 0 unspecified atom stereocenters. The fraction of sp³-hybridized carbons (Fsp3) is 0.812. The number of carbonyl (C=O) groups excluding carboxylic acids is 5. The van der Waals surface area contributed by atoms with Crippen molar-refractivity contribution in [2.45, 2.75) is 114 Å². The van der Waals surface area contributed by atoms with Crippen LogP contribution in [0.1, 0.15) is 97.8 Å². The first-order chi connectivity index (χ1) is 23.5. The normalized spacial score (nSPS) is 16.2. The highest BCUT2D eigenvalue weighted by Crippen LogP contribution is 2.39. The molecule has 2 rings (SSSR count). The van der Waals surface area contributed by atoms with Crippen molar-refractivity contribution in [3.63, 3.8) is 0 Å². The van der Waals surface area contributed by atoms with Crippen molar-refractivity contribution in [1.29, 1.82) is 0 Å². The van der Waals surface area contributed by atoms with Gasteiger partial charge in [-0.05, 0) is 59.3 Å². The molecule has 2 heterocycles. The zero-order valence-electron chi connectivity index (χ0n) is 29.6. The summed E-state index contributed by atoms with van der Waals surface area (Å²) in [5, 5.41) is 13.9. The maximum Gasteiger partial charge on any atom is 0.307 e. The SMILES string of the molecule is CC(C)(C)OC(=O)CCSC(=O)CCC(=O)NCCCCC1(N)CSSC1.NC1(CCCCNC(=O)CCC(=O)SCCC(=O)O)CSSC1. The van der Waals surface area contributed by atoms with Gasteiger partial charge in [-0.1, -0.05) is 66.7 Å². The van der Waals surface area contributed by atoms with Crippen LogP contribution in [-0.2, 0) is 33.5 Å². The highest BCUT2D eigenvalue weighted by Gasteiger charge is 2.30. The van der Waals surface area contributed by atoms with Gasteiger partial charge >= 0.3 is 11.9 Å². The number of aliphatic carboxylic acids is 1. The summed E-state index contributed by atoms with van der Waals surface area (Å²) in [6.07, 6.45) is 6.57. The lowest BCUT2D eigenvalue weighted by Gasteiger charge is -2.21. The van der Waals surface area contributed by atoms with Crippen LogP contribution in [0.5, 0.6) is 0 Å². The number of ether oxygens (including phenoxy) is 1. The van der Waals surface area contributed by atoms with E-state index in [0.29, 0.717) is 18.8 Å². The molecule has 0 radical (unpaired) electrons. The summed E-state index contributed by atoms with van der Waals surface area (Å²) in [5.74, 6) is 3.15.